The molecule has 0 saturated carbocycles. The molecule has 3 aromatic carbocycles. The van der Waals surface area contributed by atoms with Crippen LogP contribution in [0.1, 0.15) is 46.8 Å². The van der Waals surface area contributed by atoms with Crippen LogP contribution in [0.2, 0.25) is 0 Å². The summed E-state index contributed by atoms with van der Waals surface area (Å²) in [6.45, 7) is 6.67. The first-order valence-corrected chi connectivity index (χ1v) is 11.5. The van der Waals surface area contributed by atoms with Crippen LogP contribution in [0.3, 0.4) is 0 Å². The van der Waals surface area contributed by atoms with Crippen LogP contribution in [0.4, 0.5) is 0 Å². The predicted octanol–water partition coefficient (Wildman–Crippen LogP) is 5.74. The van der Waals surface area contributed by atoms with Gasteiger partial charge in [0.05, 0.1) is 12.7 Å². The number of nitrogens with one attached hydrogen (secondary N) is 2. The zero-order valence-electron chi connectivity index (χ0n) is 19.6. The number of methoxy groups -OCH3 is 1. The van der Waals surface area contributed by atoms with Crippen molar-refractivity contribution in [1.29, 1.82) is 0 Å². The van der Waals surface area contributed by atoms with Gasteiger partial charge in [0.2, 0.25) is 5.89 Å². The van der Waals surface area contributed by atoms with Crippen molar-refractivity contribution >= 4 is 34.3 Å². The van der Waals surface area contributed by atoms with Gasteiger partial charge in [0.25, 0.3) is 5.91 Å². The SMILES string of the molecule is COc1c(C)cccc1C(=O)NC(=S)NCc1ccc(-c2nc3cc(C(C)C)ccc3o2)cc1. The highest BCUT2D eigenvalue weighted by molar-refractivity contribution is 7.80. The largest absolute Gasteiger partial charge is 0.496 e. The molecule has 6 nitrogen and oxygen atoms in total. The van der Waals surface area contributed by atoms with E-state index in [-0.39, 0.29) is 11.0 Å². The Morgan fingerprint density at radius 2 is 1.88 bits per heavy atom. The van der Waals surface area contributed by atoms with E-state index in [9.17, 15) is 4.79 Å². The van der Waals surface area contributed by atoms with Crippen molar-refractivity contribution in [3.05, 3.63) is 82.9 Å². The quantitative estimate of drug-likeness (QED) is 0.348. The molecule has 0 aliphatic carbocycles. The lowest BCUT2D eigenvalue weighted by molar-refractivity contribution is 0.0973. The molecule has 0 unspecified atom stereocenters. The van der Waals surface area contributed by atoms with Gasteiger partial charge in [0.1, 0.15) is 11.3 Å². The topological polar surface area (TPSA) is 76.4 Å². The molecule has 1 amide bonds. The Morgan fingerprint density at radius 1 is 1.12 bits per heavy atom. The van der Waals surface area contributed by atoms with Crippen molar-refractivity contribution in [3.63, 3.8) is 0 Å². The molecule has 0 atom stereocenters. The Balaban J connectivity index is 1.38. The Bertz CT molecular complexity index is 1340. The van der Waals surface area contributed by atoms with E-state index in [1.54, 1.807) is 13.2 Å². The maximum absolute atomic E-state index is 12.6. The van der Waals surface area contributed by atoms with Crippen molar-refractivity contribution < 1.29 is 13.9 Å². The molecule has 4 aromatic rings. The highest BCUT2D eigenvalue weighted by atomic mass is 32.1. The third kappa shape index (κ3) is 5.10. The minimum atomic E-state index is -0.315. The fourth-order valence-corrected chi connectivity index (χ4v) is 3.86. The van der Waals surface area contributed by atoms with E-state index in [1.807, 2.05) is 49.4 Å². The van der Waals surface area contributed by atoms with Crippen LogP contribution in [0.15, 0.2) is 65.1 Å². The number of carbonyl (C=O) groups is 1. The molecular weight excluding hydrogens is 446 g/mol. The van der Waals surface area contributed by atoms with E-state index in [0.29, 0.717) is 29.7 Å². The number of ether oxygens (including phenoxy) is 1. The van der Waals surface area contributed by atoms with Gasteiger partial charge >= 0.3 is 0 Å². The summed E-state index contributed by atoms with van der Waals surface area (Å²) in [6.07, 6.45) is 0. The Morgan fingerprint density at radius 3 is 2.59 bits per heavy atom. The molecule has 0 bridgehead atoms. The van der Waals surface area contributed by atoms with Crippen molar-refractivity contribution in [3.8, 4) is 17.2 Å². The van der Waals surface area contributed by atoms with Gasteiger partial charge in [0.15, 0.2) is 10.7 Å². The molecular formula is C27H27N3O3S. The Kier molecular flexibility index (Phi) is 6.93. The number of amides is 1. The molecule has 0 fully saturated rings. The third-order valence-electron chi connectivity index (χ3n) is 5.62. The van der Waals surface area contributed by atoms with E-state index in [0.717, 1.165) is 27.8 Å². The fraction of sp³-hybridized carbons (Fsp3) is 0.222. The lowest BCUT2D eigenvalue weighted by Crippen LogP contribution is -2.39. The second-order valence-electron chi connectivity index (χ2n) is 8.39. The summed E-state index contributed by atoms with van der Waals surface area (Å²) in [5.41, 5.74) is 6.09. The first-order valence-electron chi connectivity index (χ1n) is 11.1. The van der Waals surface area contributed by atoms with Gasteiger partial charge in [0, 0.05) is 12.1 Å². The standard InChI is InChI=1S/C27H27N3O3S/c1-16(2)20-12-13-23-22(14-20)29-26(33-23)19-10-8-18(9-11-19)15-28-27(34)30-25(31)21-7-5-6-17(3)24(21)32-4/h5-14,16H,15H2,1-4H3,(H2,28,30,31,34). The van der Waals surface area contributed by atoms with Crippen molar-refractivity contribution in [2.45, 2.75) is 33.2 Å². The monoisotopic (exact) mass is 473 g/mol. The van der Waals surface area contributed by atoms with Gasteiger partial charge < -0.3 is 14.5 Å². The molecule has 7 heteroatoms. The maximum Gasteiger partial charge on any atom is 0.261 e. The van der Waals surface area contributed by atoms with Crippen molar-refractivity contribution in [1.82, 2.24) is 15.6 Å². The lowest BCUT2D eigenvalue weighted by Gasteiger charge is -2.13. The van der Waals surface area contributed by atoms with Crippen molar-refractivity contribution in [2.24, 2.45) is 0 Å². The number of fused-ring (bicyclic) bond motifs is 1. The number of aromatic nitrogens is 1. The minimum absolute atomic E-state index is 0.248. The van der Waals surface area contributed by atoms with E-state index in [1.165, 1.54) is 5.56 Å². The summed E-state index contributed by atoms with van der Waals surface area (Å²) < 4.78 is 11.3. The molecule has 0 aliphatic heterocycles. The van der Waals surface area contributed by atoms with Crippen LogP contribution in [0.25, 0.3) is 22.6 Å². The number of hydrogen-bond donors (Lipinski definition) is 2. The zero-order chi connectivity index (χ0) is 24.2. The molecule has 0 saturated heterocycles. The second-order valence-corrected chi connectivity index (χ2v) is 8.80. The number of para-hydroxylation sites is 1. The highest BCUT2D eigenvalue weighted by Crippen LogP contribution is 2.27. The normalized spacial score (nSPS) is 11.0. The van der Waals surface area contributed by atoms with E-state index in [2.05, 4.69) is 41.6 Å². The van der Waals surface area contributed by atoms with Gasteiger partial charge in [-0.1, -0.05) is 44.2 Å². The number of nitrogens with zero attached hydrogens (tertiary/aromatic N) is 1. The first-order chi connectivity index (χ1) is 16.4. The van der Waals surface area contributed by atoms with Crippen LogP contribution in [0.5, 0.6) is 5.75 Å². The molecule has 0 spiro atoms. The molecule has 34 heavy (non-hydrogen) atoms. The van der Waals surface area contributed by atoms with E-state index < -0.39 is 0 Å². The maximum atomic E-state index is 12.6. The number of rotatable bonds is 6. The van der Waals surface area contributed by atoms with Crippen LogP contribution in [-0.4, -0.2) is 23.1 Å². The number of carbonyl (C=O) groups excluding carboxylic acids is 1. The number of aryl methyl sites for hydroxylation is 1. The van der Waals surface area contributed by atoms with E-state index in [4.69, 9.17) is 21.4 Å². The van der Waals surface area contributed by atoms with Gasteiger partial charge in [-0.25, -0.2) is 4.98 Å². The van der Waals surface area contributed by atoms with Crippen LogP contribution < -0.4 is 15.4 Å². The average Bonchev–Trinajstić information content (AvgIpc) is 3.26. The average molecular weight is 474 g/mol. The summed E-state index contributed by atoms with van der Waals surface area (Å²) in [5, 5.41) is 6.03. The summed E-state index contributed by atoms with van der Waals surface area (Å²) in [5.74, 6) is 1.25. The second kappa shape index (κ2) is 10.1. The Hall–Kier alpha value is -3.71. The summed E-state index contributed by atoms with van der Waals surface area (Å²) in [6, 6.07) is 19.4. The van der Waals surface area contributed by atoms with Crippen LogP contribution >= 0.6 is 12.2 Å². The first kappa shape index (κ1) is 23.4. The van der Waals surface area contributed by atoms with E-state index >= 15 is 0 Å². The summed E-state index contributed by atoms with van der Waals surface area (Å²) >= 11 is 5.30. The minimum Gasteiger partial charge on any atom is -0.496 e. The van der Waals surface area contributed by atoms with Gasteiger partial charge in [-0.2, -0.15) is 0 Å². The molecule has 174 valence electrons. The number of thiocarbonyl (C=S) groups is 1. The fourth-order valence-electron chi connectivity index (χ4n) is 3.69. The highest BCUT2D eigenvalue weighted by Gasteiger charge is 2.15. The van der Waals surface area contributed by atoms with Gasteiger partial charge in [-0.05, 0) is 72.1 Å². The number of benzene rings is 3. The molecule has 0 aliphatic rings. The van der Waals surface area contributed by atoms with Crippen molar-refractivity contribution in [2.75, 3.05) is 7.11 Å². The number of oxazole rings is 1. The number of hydrogen-bond acceptors (Lipinski definition) is 5. The van der Waals surface area contributed by atoms with Gasteiger partial charge in [-0.15, -0.1) is 0 Å². The molecule has 4 rings (SSSR count). The molecule has 1 aromatic heterocycles. The lowest BCUT2D eigenvalue weighted by atomic mass is 10.0. The summed E-state index contributed by atoms with van der Waals surface area (Å²) in [7, 11) is 1.54. The molecule has 0 radical (unpaired) electrons. The zero-order valence-corrected chi connectivity index (χ0v) is 20.5. The molecule has 2 N–H and O–H groups in total. The third-order valence-corrected chi connectivity index (χ3v) is 5.87. The summed E-state index contributed by atoms with van der Waals surface area (Å²) in [4.78, 5) is 17.2. The van der Waals surface area contributed by atoms with Crippen LogP contribution in [-0.2, 0) is 6.54 Å². The van der Waals surface area contributed by atoms with Gasteiger partial charge in [-0.3, -0.25) is 10.1 Å². The predicted molar refractivity (Wildman–Crippen MR) is 138 cm³/mol. The smallest absolute Gasteiger partial charge is 0.261 e. The molecule has 1 heterocycles. The Labute approximate surface area is 204 Å². The van der Waals surface area contributed by atoms with Crippen LogP contribution in [0, 0.1) is 6.92 Å².